The van der Waals surface area contributed by atoms with E-state index in [0.29, 0.717) is 70.7 Å². The number of likely N-dealkylation sites (tertiary alicyclic amines) is 1. The third kappa shape index (κ3) is 4.50. The second kappa shape index (κ2) is 8.84. The highest BCUT2D eigenvalue weighted by molar-refractivity contribution is 5.75. The van der Waals surface area contributed by atoms with Crippen LogP contribution >= 0.6 is 0 Å². The molecule has 5 rings (SSSR count). The zero-order chi connectivity index (χ0) is 23.9. The summed E-state index contributed by atoms with van der Waals surface area (Å²) in [6.45, 7) is 5.83. The molecule has 2 aromatic rings. The van der Waals surface area contributed by atoms with E-state index in [1.54, 1.807) is 9.80 Å². The summed E-state index contributed by atoms with van der Waals surface area (Å²) in [5.41, 5.74) is -0.250. The molecule has 3 fully saturated rings. The molecule has 0 radical (unpaired) electrons. The van der Waals surface area contributed by atoms with Gasteiger partial charge >= 0.3 is 12.2 Å². The van der Waals surface area contributed by atoms with Gasteiger partial charge in [-0.3, -0.25) is 0 Å². The molecule has 184 valence electrons. The summed E-state index contributed by atoms with van der Waals surface area (Å²) in [6.07, 6.45) is -3.79. The summed E-state index contributed by atoms with van der Waals surface area (Å²) in [5.74, 6) is 0.666. The third-order valence-electron chi connectivity index (χ3n) is 6.88. The molecule has 8 nitrogen and oxygen atoms in total. The van der Waals surface area contributed by atoms with Crippen LogP contribution in [0.2, 0.25) is 0 Å². The van der Waals surface area contributed by atoms with E-state index in [4.69, 9.17) is 14.0 Å². The molecule has 0 aliphatic carbocycles. The first-order valence-corrected chi connectivity index (χ1v) is 11.4. The van der Waals surface area contributed by atoms with Gasteiger partial charge in [0.25, 0.3) is 0 Å². The first kappa shape index (κ1) is 23.1. The van der Waals surface area contributed by atoms with Gasteiger partial charge in [0.1, 0.15) is 0 Å². The van der Waals surface area contributed by atoms with Crippen molar-refractivity contribution >= 4 is 6.03 Å². The van der Waals surface area contributed by atoms with Crippen molar-refractivity contribution in [1.82, 2.24) is 19.9 Å². The lowest BCUT2D eigenvalue weighted by Gasteiger charge is -2.40. The summed E-state index contributed by atoms with van der Waals surface area (Å²) in [7, 11) is 0. The van der Waals surface area contributed by atoms with Crippen molar-refractivity contribution in [2.24, 2.45) is 0 Å². The Balaban J connectivity index is 1.40. The van der Waals surface area contributed by atoms with Crippen LogP contribution in [0.3, 0.4) is 0 Å². The van der Waals surface area contributed by atoms with Gasteiger partial charge in [0.2, 0.25) is 5.89 Å². The van der Waals surface area contributed by atoms with Crippen LogP contribution in [0.1, 0.15) is 48.0 Å². The van der Waals surface area contributed by atoms with Crippen LogP contribution in [-0.2, 0) is 21.1 Å². The average Bonchev–Trinajstić information content (AvgIpc) is 3.33. The monoisotopic (exact) mass is 480 g/mol. The highest BCUT2D eigenvalue weighted by atomic mass is 19.4. The van der Waals surface area contributed by atoms with Crippen molar-refractivity contribution in [1.29, 1.82) is 0 Å². The van der Waals surface area contributed by atoms with E-state index in [9.17, 15) is 18.0 Å². The maximum Gasteiger partial charge on any atom is 0.416 e. The predicted molar refractivity (Wildman–Crippen MR) is 113 cm³/mol. The Labute approximate surface area is 195 Å². The van der Waals surface area contributed by atoms with E-state index in [2.05, 4.69) is 10.1 Å². The number of alkyl halides is 3. The van der Waals surface area contributed by atoms with Crippen LogP contribution in [0.4, 0.5) is 18.0 Å². The largest absolute Gasteiger partial charge is 0.416 e. The molecule has 0 saturated carbocycles. The molecule has 11 heteroatoms. The predicted octanol–water partition coefficient (Wildman–Crippen LogP) is 3.40. The first-order valence-electron chi connectivity index (χ1n) is 11.4. The number of nitrogens with zero attached hydrogens (tertiary/aromatic N) is 4. The van der Waals surface area contributed by atoms with Crippen LogP contribution in [0.5, 0.6) is 0 Å². The van der Waals surface area contributed by atoms with E-state index >= 15 is 0 Å². The number of urea groups is 1. The number of hydrogen-bond donors (Lipinski definition) is 0. The van der Waals surface area contributed by atoms with Crippen molar-refractivity contribution in [3.8, 4) is 0 Å². The van der Waals surface area contributed by atoms with Gasteiger partial charge in [-0.05, 0) is 31.0 Å². The molecule has 2 unspecified atom stereocenters. The smallest absolute Gasteiger partial charge is 0.379 e. The molecule has 2 atom stereocenters. The summed E-state index contributed by atoms with van der Waals surface area (Å²) in [5, 5.41) is 4.21. The van der Waals surface area contributed by atoms with Crippen LogP contribution in [0.25, 0.3) is 0 Å². The standard InChI is InChI=1S/C23H27F3N4O4/c1-22(13-33-14-22)20-27-19(28-34-20)17-10-16(15-2-4-18(5-3-15)23(24,25)26)11-30(12-17)21(31)29-6-8-32-9-7-29/h2-5,16-17H,6-14H2,1H3. The van der Waals surface area contributed by atoms with Gasteiger partial charge in [0.05, 0.1) is 37.4 Å². The number of morpholine rings is 1. The van der Waals surface area contributed by atoms with E-state index in [-0.39, 0.29) is 23.3 Å². The second-order valence-corrected chi connectivity index (χ2v) is 9.55. The lowest BCUT2D eigenvalue weighted by molar-refractivity contribution is -0.137. The Kier molecular flexibility index (Phi) is 6.01. The summed E-state index contributed by atoms with van der Waals surface area (Å²) < 4.78 is 55.3. The number of piperidine rings is 1. The molecule has 0 N–H and O–H groups in total. The number of aromatic nitrogens is 2. The molecule has 34 heavy (non-hydrogen) atoms. The van der Waals surface area contributed by atoms with Crippen LogP contribution < -0.4 is 0 Å². The lowest BCUT2D eigenvalue weighted by atomic mass is 9.83. The highest BCUT2D eigenvalue weighted by Crippen LogP contribution is 2.38. The fourth-order valence-electron chi connectivity index (χ4n) is 4.76. The molecule has 3 aliphatic heterocycles. The third-order valence-corrected chi connectivity index (χ3v) is 6.88. The normalized spacial score (nSPS) is 25.2. The van der Waals surface area contributed by atoms with Gasteiger partial charge in [0.15, 0.2) is 5.82 Å². The molecule has 0 bridgehead atoms. The van der Waals surface area contributed by atoms with Gasteiger partial charge in [-0.25, -0.2) is 4.79 Å². The van der Waals surface area contributed by atoms with Crippen molar-refractivity contribution in [2.75, 3.05) is 52.6 Å². The topological polar surface area (TPSA) is 80.9 Å². The number of halogens is 3. The molecular formula is C23H27F3N4O4. The van der Waals surface area contributed by atoms with Gasteiger partial charge in [0, 0.05) is 38.0 Å². The molecule has 2 amide bonds. The fraction of sp³-hybridized carbons (Fsp3) is 0.609. The zero-order valence-electron chi connectivity index (χ0n) is 18.9. The number of rotatable bonds is 3. The fourth-order valence-corrected chi connectivity index (χ4v) is 4.76. The molecule has 3 saturated heterocycles. The number of hydrogen-bond acceptors (Lipinski definition) is 6. The number of amides is 2. The Morgan fingerprint density at radius 2 is 1.71 bits per heavy atom. The summed E-state index contributed by atoms with van der Waals surface area (Å²) in [4.78, 5) is 21.4. The van der Waals surface area contributed by atoms with E-state index in [1.807, 2.05) is 6.92 Å². The first-order chi connectivity index (χ1) is 16.2. The summed E-state index contributed by atoms with van der Waals surface area (Å²) >= 11 is 0. The number of ether oxygens (including phenoxy) is 2. The average molecular weight is 480 g/mol. The van der Waals surface area contributed by atoms with E-state index < -0.39 is 11.7 Å². The van der Waals surface area contributed by atoms with E-state index in [1.165, 1.54) is 12.1 Å². The minimum atomic E-state index is -4.39. The summed E-state index contributed by atoms with van der Waals surface area (Å²) in [6, 6.07) is 5.09. The SMILES string of the molecule is CC1(c2nc(C3CC(c4ccc(C(F)(F)F)cc4)CN(C(=O)N4CCOCC4)C3)no2)COC1. The van der Waals surface area contributed by atoms with Crippen molar-refractivity contribution < 1.29 is 32.0 Å². The maximum absolute atomic E-state index is 13.3. The molecule has 0 spiro atoms. The molecule has 4 heterocycles. The van der Waals surface area contributed by atoms with E-state index in [0.717, 1.165) is 17.7 Å². The zero-order valence-corrected chi connectivity index (χ0v) is 18.9. The number of carbonyl (C=O) groups is 1. The van der Waals surface area contributed by atoms with Gasteiger partial charge < -0.3 is 23.8 Å². The van der Waals surface area contributed by atoms with Crippen LogP contribution in [0.15, 0.2) is 28.8 Å². The molecule has 3 aliphatic rings. The number of benzene rings is 1. The highest BCUT2D eigenvalue weighted by Gasteiger charge is 2.42. The minimum Gasteiger partial charge on any atom is -0.379 e. The Morgan fingerprint density at radius 3 is 2.32 bits per heavy atom. The van der Waals surface area contributed by atoms with Crippen molar-refractivity contribution in [2.45, 2.75) is 36.8 Å². The molecule has 1 aromatic carbocycles. The molecule has 1 aromatic heterocycles. The Hall–Kier alpha value is -2.66. The molecular weight excluding hydrogens is 453 g/mol. The number of carbonyl (C=O) groups excluding carboxylic acids is 1. The van der Waals surface area contributed by atoms with Crippen LogP contribution in [0, 0.1) is 0 Å². The van der Waals surface area contributed by atoms with Crippen LogP contribution in [-0.4, -0.2) is 78.6 Å². The second-order valence-electron chi connectivity index (χ2n) is 9.55. The Bertz CT molecular complexity index is 1020. The van der Waals surface area contributed by atoms with Gasteiger partial charge in [-0.1, -0.05) is 17.3 Å². The lowest BCUT2D eigenvalue weighted by Crippen LogP contribution is -2.52. The van der Waals surface area contributed by atoms with Gasteiger partial charge in [-0.2, -0.15) is 18.2 Å². The van der Waals surface area contributed by atoms with Crippen molar-refractivity contribution in [3.05, 3.63) is 47.1 Å². The Morgan fingerprint density at radius 1 is 1.03 bits per heavy atom. The minimum absolute atomic E-state index is 0.104. The van der Waals surface area contributed by atoms with Gasteiger partial charge in [-0.15, -0.1) is 0 Å². The quantitative estimate of drug-likeness (QED) is 0.670. The van der Waals surface area contributed by atoms with Crippen molar-refractivity contribution in [3.63, 3.8) is 0 Å². The maximum atomic E-state index is 13.3.